The molecule has 0 spiro atoms. The fraction of sp³-hybridized carbons (Fsp3) is 0.538. The van der Waals surface area contributed by atoms with Crippen molar-refractivity contribution < 1.29 is 14.9 Å². The number of ether oxygens (including phenoxy) is 1. The van der Waals surface area contributed by atoms with Crippen LogP contribution in [-0.2, 0) is 6.61 Å². The average Bonchev–Trinajstić information content (AvgIpc) is 2.27. The summed E-state index contributed by atoms with van der Waals surface area (Å²) in [6.45, 7) is 5.63. The molecular formula is C13H19ClO3. The quantitative estimate of drug-likeness (QED) is 0.854. The summed E-state index contributed by atoms with van der Waals surface area (Å²) in [5.41, 5.74) is -0.274. The van der Waals surface area contributed by atoms with Crippen LogP contribution in [0.4, 0.5) is 0 Å². The second-order valence-corrected chi connectivity index (χ2v) is 5.15. The lowest BCUT2D eigenvalue weighted by atomic mass is 9.94. The van der Waals surface area contributed by atoms with Gasteiger partial charge in [0.1, 0.15) is 12.4 Å². The van der Waals surface area contributed by atoms with Crippen molar-refractivity contribution in [1.29, 1.82) is 0 Å². The zero-order valence-electron chi connectivity index (χ0n) is 10.4. The van der Waals surface area contributed by atoms with Gasteiger partial charge >= 0.3 is 0 Å². The molecule has 1 unspecified atom stereocenters. The van der Waals surface area contributed by atoms with Crippen LogP contribution in [0.3, 0.4) is 0 Å². The van der Waals surface area contributed by atoms with Crippen molar-refractivity contribution in [2.24, 2.45) is 5.92 Å². The number of halogens is 1. The summed E-state index contributed by atoms with van der Waals surface area (Å²) >= 11 is 5.82. The number of rotatable bonds is 5. The Balaban J connectivity index is 2.76. The molecule has 1 atom stereocenters. The Kier molecular flexibility index (Phi) is 4.80. The van der Waals surface area contributed by atoms with Crippen LogP contribution >= 0.6 is 11.6 Å². The Morgan fingerprint density at radius 2 is 2.06 bits per heavy atom. The first-order valence-electron chi connectivity index (χ1n) is 5.61. The van der Waals surface area contributed by atoms with E-state index in [2.05, 4.69) is 0 Å². The van der Waals surface area contributed by atoms with Crippen molar-refractivity contribution in [3.63, 3.8) is 0 Å². The monoisotopic (exact) mass is 258 g/mol. The van der Waals surface area contributed by atoms with Crippen LogP contribution in [0.5, 0.6) is 5.75 Å². The highest BCUT2D eigenvalue weighted by Crippen LogP contribution is 2.25. The molecule has 0 aliphatic rings. The van der Waals surface area contributed by atoms with Gasteiger partial charge in [-0.1, -0.05) is 25.4 Å². The molecule has 0 bridgehead atoms. The molecule has 0 aliphatic heterocycles. The fourth-order valence-electron chi connectivity index (χ4n) is 1.20. The SMILES string of the molecule is CC(C)C(C)(O)COc1ccc(Cl)cc1CO. The molecule has 1 aromatic rings. The summed E-state index contributed by atoms with van der Waals surface area (Å²) in [4.78, 5) is 0. The van der Waals surface area contributed by atoms with Crippen LogP contribution < -0.4 is 4.74 Å². The zero-order chi connectivity index (χ0) is 13.1. The third-order valence-electron chi connectivity index (χ3n) is 2.96. The molecule has 0 radical (unpaired) electrons. The lowest BCUT2D eigenvalue weighted by Gasteiger charge is -2.27. The molecule has 1 rings (SSSR count). The highest BCUT2D eigenvalue weighted by Gasteiger charge is 2.26. The molecule has 0 saturated carbocycles. The average molecular weight is 259 g/mol. The molecule has 0 heterocycles. The Hall–Kier alpha value is -0.770. The minimum absolute atomic E-state index is 0.0902. The summed E-state index contributed by atoms with van der Waals surface area (Å²) in [5, 5.41) is 19.8. The minimum Gasteiger partial charge on any atom is -0.490 e. The van der Waals surface area contributed by atoms with Gasteiger partial charge in [-0.25, -0.2) is 0 Å². The maximum atomic E-state index is 10.1. The van der Waals surface area contributed by atoms with E-state index in [1.165, 1.54) is 0 Å². The summed E-state index contributed by atoms with van der Waals surface area (Å²) in [6.07, 6.45) is 0. The highest BCUT2D eigenvalue weighted by molar-refractivity contribution is 6.30. The van der Waals surface area contributed by atoms with Gasteiger partial charge in [-0.05, 0) is 31.0 Å². The molecular weight excluding hydrogens is 240 g/mol. The topological polar surface area (TPSA) is 49.7 Å². The van der Waals surface area contributed by atoms with E-state index >= 15 is 0 Å². The molecule has 96 valence electrons. The molecule has 17 heavy (non-hydrogen) atoms. The number of aliphatic hydroxyl groups excluding tert-OH is 1. The van der Waals surface area contributed by atoms with E-state index in [0.29, 0.717) is 16.3 Å². The van der Waals surface area contributed by atoms with Crippen molar-refractivity contribution in [1.82, 2.24) is 0 Å². The Labute approximate surface area is 107 Å². The van der Waals surface area contributed by atoms with Crippen LogP contribution in [0.2, 0.25) is 5.02 Å². The molecule has 3 nitrogen and oxygen atoms in total. The third-order valence-corrected chi connectivity index (χ3v) is 3.19. The van der Waals surface area contributed by atoms with Gasteiger partial charge in [0.05, 0.1) is 12.2 Å². The van der Waals surface area contributed by atoms with E-state index in [4.69, 9.17) is 16.3 Å². The largest absolute Gasteiger partial charge is 0.490 e. The van der Waals surface area contributed by atoms with Crippen LogP contribution in [-0.4, -0.2) is 22.4 Å². The maximum absolute atomic E-state index is 10.1. The van der Waals surface area contributed by atoms with Gasteiger partial charge in [-0.3, -0.25) is 0 Å². The molecule has 4 heteroatoms. The third kappa shape index (κ3) is 3.87. The number of hydrogen-bond donors (Lipinski definition) is 2. The van der Waals surface area contributed by atoms with Crippen LogP contribution in [0.1, 0.15) is 26.3 Å². The zero-order valence-corrected chi connectivity index (χ0v) is 11.2. The highest BCUT2D eigenvalue weighted by atomic mass is 35.5. The first kappa shape index (κ1) is 14.3. The molecule has 1 aromatic carbocycles. The molecule has 0 aliphatic carbocycles. The lowest BCUT2D eigenvalue weighted by molar-refractivity contribution is -0.0271. The number of aliphatic hydroxyl groups is 2. The van der Waals surface area contributed by atoms with Crippen LogP contribution in [0.15, 0.2) is 18.2 Å². The summed E-state index contributed by atoms with van der Waals surface area (Å²) < 4.78 is 5.54. The van der Waals surface area contributed by atoms with Crippen molar-refractivity contribution in [2.75, 3.05) is 6.61 Å². The fourth-order valence-corrected chi connectivity index (χ4v) is 1.40. The summed E-state index contributed by atoms with van der Waals surface area (Å²) in [7, 11) is 0. The van der Waals surface area contributed by atoms with E-state index in [1.807, 2.05) is 13.8 Å². The van der Waals surface area contributed by atoms with Gasteiger partial charge in [-0.15, -0.1) is 0 Å². The van der Waals surface area contributed by atoms with E-state index < -0.39 is 5.60 Å². The van der Waals surface area contributed by atoms with Gasteiger partial charge in [0.2, 0.25) is 0 Å². The number of benzene rings is 1. The predicted octanol–water partition coefficient (Wildman–Crippen LogP) is 2.62. The van der Waals surface area contributed by atoms with Gasteiger partial charge in [0, 0.05) is 10.6 Å². The first-order chi connectivity index (χ1) is 7.86. The van der Waals surface area contributed by atoms with Gasteiger partial charge < -0.3 is 14.9 Å². The van der Waals surface area contributed by atoms with E-state index in [9.17, 15) is 10.2 Å². The second-order valence-electron chi connectivity index (χ2n) is 4.71. The predicted molar refractivity (Wildman–Crippen MR) is 68.3 cm³/mol. The Bertz CT molecular complexity index is 375. The van der Waals surface area contributed by atoms with Crippen molar-refractivity contribution in [3.05, 3.63) is 28.8 Å². The van der Waals surface area contributed by atoms with E-state index in [1.54, 1.807) is 25.1 Å². The first-order valence-corrected chi connectivity index (χ1v) is 5.99. The van der Waals surface area contributed by atoms with Gasteiger partial charge in [0.25, 0.3) is 0 Å². The van der Waals surface area contributed by atoms with Crippen LogP contribution in [0.25, 0.3) is 0 Å². The molecule has 0 amide bonds. The van der Waals surface area contributed by atoms with E-state index in [0.717, 1.165) is 0 Å². The van der Waals surface area contributed by atoms with Gasteiger partial charge in [-0.2, -0.15) is 0 Å². The van der Waals surface area contributed by atoms with Crippen molar-refractivity contribution in [3.8, 4) is 5.75 Å². The smallest absolute Gasteiger partial charge is 0.125 e. The maximum Gasteiger partial charge on any atom is 0.125 e. The molecule has 0 saturated heterocycles. The normalized spacial score (nSPS) is 14.8. The van der Waals surface area contributed by atoms with E-state index in [-0.39, 0.29) is 19.1 Å². The molecule has 0 fully saturated rings. The van der Waals surface area contributed by atoms with Crippen molar-refractivity contribution in [2.45, 2.75) is 33.0 Å². The molecule has 2 N–H and O–H groups in total. The Morgan fingerprint density at radius 3 is 2.59 bits per heavy atom. The minimum atomic E-state index is -0.896. The standard InChI is InChI=1S/C13H19ClO3/c1-9(2)13(3,16)8-17-12-5-4-11(14)6-10(12)7-15/h4-6,9,15-16H,7-8H2,1-3H3. The summed E-state index contributed by atoms with van der Waals surface area (Å²) in [5.74, 6) is 0.644. The Morgan fingerprint density at radius 1 is 1.41 bits per heavy atom. The number of hydrogen-bond acceptors (Lipinski definition) is 3. The van der Waals surface area contributed by atoms with Gasteiger partial charge in [0.15, 0.2) is 0 Å². The lowest BCUT2D eigenvalue weighted by Crippen LogP contribution is -2.37. The molecule has 0 aromatic heterocycles. The van der Waals surface area contributed by atoms with Crippen LogP contribution in [0, 0.1) is 5.92 Å². The van der Waals surface area contributed by atoms with Crippen molar-refractivity contribution >= 4 is 11.6 Å². The summed E-state index contributed by atoms with van der Waals surface area (Å²) in [6, 6.07) is 5.05. The second kappa shape index (κ2) is 5.71.